The first-order chi connectivity index (χ1) is 7.74. The predicted octanol–water partition coefficient (Wildman–Crippen LogP) is 2.87. The number of rotatable bonds is 3. The second kappa shape index (κ2) is 4.35. The standard InChI is InChI=1S/C12H14N2O2/c1-8(2)9-5-4-6-10(11(9)15-3)12-13-7-16-14-12/h4-8H,1-3H3. The Labute approximate surface area is 94.2 Å². The topological polar surface area (TPSA) is 48.2 Å². The molecule has 1 aromatic carbocycles. The van der Waals surface area contributed by atoms with Crippen LogP contribution in [0.15, 0.2) is 29.1 Å². The van der Waals surface area contributed by atoms with E-state index in [4.69, 9.17) is 9.26 Å². The van der Waals surface area contributed by atoms with Gasteiger partial charge in [0.25, 0.3) is 0 Å². The molecule has 84 valence electrons. The molecule has 0 unspecified atom stereocenters. The van der Waals surface area contributed by atoms with Crippen LogP contribution in [0, 0.1) is 0 Å². The van der Waals surface area contributed by atoms with Crippen LogP contribution < -0.4 is 4.74 Å². The number of hydrogen-bond acceptors (Lipinski definition) is 4. The highest BCUT2D eigenvalue weighted by Gasteiger charge is 2.15. The Hall–Kier alpha value is -1.84. The lowest BCUT2D eigenvalue weighted by atomic mass is 9.99. The van der Waals surface area contributed by atoms with Crippen LogP contribution in [-0.4, -0.2) is 17.3 Å². The number of nitrogens with zero attached hydrogens (tertiary/aromatic N) is 2. The molecule has 0 amide bonds. The number of methoxy groups -OCH3 is 1. The van der Waals surface area contributed by atoms with E-state index in [1.165, 1.54) is 6.39 Å². The van der Waals surface area contributed by atoms with Gasteiger partial charge in [-0.3, -0.25) is 0 Å². The van der Waals surface area contributed by atoms with E-state index < -0.39 is 0 Å². The van der Waals surface area contributed by atoms with Gasteiger partial charge in [0.15, 0.2) is 0 Å². The molecule has 0 aliphatic rings. The summed E-state index contributed by atoms with van der Waals surface area (Å²) in [4.78, 5) is 4.04. The summed E-state index contributed by atoms with van der Waals surface area (Å²) < 4.78 is 10.2. The number of aromatic nitrogens is 2. The predicted molar refractivity (Wildman–Crippen MR) is 60.4 cm³/mol. The Bertz CT molecular complexity index is 464. The Morgan fingerprint density at radius 3 is 2.69 bits per heavy atom. The van der Waals surface area contributed by atoms with Gasteiger partial charge in [-0.1, -0.05) is 31.1 Å². The van der Waals surface area contributed by atoms with E-state index in [-0.39, 0.29) is 0 Å². The van der Waals surface area contributed by atoms with Gasteiger partial charge in [-0.05, 0) is 17.5 Å². The van der Waals surface area contributed by atoms with Crippen LogP contribution in [0.3, 0.4) is 0 Å². The number of hydrogen-bond donors (Lipinski definition) is 0. The highest BCUT2D eigenvalue weighted by atomic mass is 16.5. The molecule has 0 aliphatic heterocycles. The van der Waals surface area contributed by atoms with Gasteiger partial charge in [0, 0.05) is 0 Å². The van der Waals surface area contributed by atoms with Crippen LogP contribution in [0.2, 0.25) is 0 Å². The first-order valence-corrected chi connectivity index (χ1v) is 5.17. The van der Waals surface area contributed by atoms with Gasteiger partial charge < -0.3 is 9.26 Å². The Kier molecular flexibility index (Phi) is 2.90. The Morgan fingerprint density at radius 1 is 1.31 bits per heavy atom. The molecule has 0 atom stereocenters. The monoisotopic (exact) mass is 218 g/mol. The molecule has 0 radical (unpaired) electrons. The SMILES string of the molecule is COc1c(-c2ncon2)cccc1C(C)C. The fraction of sp³-hybridized carbons (Fsp3) is 0.333. The van der Waals surface area contributed by atoms with E-state index >= 15 is 0 Å². The lowest BCUT2D eigenvalue weighted by Crippen LogP contribution is -1.97. The summed E-state index contributed by atoms with van der Waals surface area (Å²) in [6, 6.07) is 5.95. The van der Waals surface area contributed by atoms with Crippen LogP contribution in [0.1, 0.15) is 25.3 Å². The highest BCUT2D eigenvalue weighted by Crippen LogP contribution is 2.34. The summed E-state index contributed by atoms with van der Waals surface area (Å²) in [5.41, 5.74) is 2.01. The van der Waals surface area contributed by atoms with Gasteiger partial charge in [-0.25, -0.2) is 0 Å². The Morgan fingerprint density at radius 2 is 2.12 bits per heavy atom. The molecule has 0 saturated carbocycles. The molecular weight excluding hydrogens is 204 g/mol. The molecule has 4 nitrogen and oxygen atoms in total. The van der Waals surface area contributed by atoms with E-state index in [1.54, 1.807) is 7.11 Å². The van der Waals surface area contributed by atoms with E-state index in [9.17, 15) is 0 Å². The van der Waals surface area contributed by atoms with Crippen molar-refractivity contribution in [1.29, 1.82) is 0 Å². The van der Waals surface area contributed by atoms with Crippen LogP contribution in [-0.2, 0) is 0 Å². The van der Waals surface area contributed by atoms with Crippen molar-refractivity contribution >= 4 is 0 Å². The molecule has 0 N–H and O–H groups in total. The molecule has 0 bridgehead atoms. The lowest BCUT2D eigenvalue weighted by Gasteiger charge is -2.13. The van der Waals surface area contributed by atoms with Crippen LogP contribution in [0.4, 0.5) is 0 Å². The molecule has 2 rings (SSSR count). The largest absolute Gasteiger partial charge is 0.496 e. The average molecular weight is 218 g/mol. The minimum absolute atomic E-state index is 0.391. The van der Waals surface area contributed by atoms with Crippen molar-refractivity contribution in [3.05, 3.63) is 30.2 Å². The molecule has 0 spiro atoms. The molecule has 1 heterocycles. The van der Waals surface area contributed by atoms with Crippen molar-refractivity contribution in [3.8, 4) is 17.1 Å². The maximum Gasteiger partial charge on any atom is 0.214 e. The lowest BCUT2D eigenvalue weighted by molar-refractivity contribution is 0.405. The van der Waals surface area contributed by atoms with Crippen molar-refractivity contribution < 1.29 is 9.26 Å². The second-order valence-electron chi connectivity index (χ2n) is 3.84. The van der Waals surface area contributed by atoms with Crippen molar-refractivity contribution in [2.24, 2.45) is 0 Å². The zero-order valence-corrected chi connectivity index (χ0v) is 9.60. The maximum atomic E-state index is 5.44. The fourth-order valence-electron chi connectivity index (χ4n) is 1.70. The van der Waals surface area contributed by atoms with E-state index in [0.717, 1.165) is 16.9 Å². The van der Waals surface area contributed by atoms with Crippen LogP contribution in [0.25, 0.3) is 11.4 Å². The summed E-state index contributed by atoms with van der Waals surface area (Å²) >= 11 is 0. The quantitative estimate of drug-likeness (QED) is 0.794. The summed E-state index contributed by atoms with van der Waals surface area (Å²) in [5, 5.41) is 3.83. The molecule has 16 heavy (non-hydrogen) atoms. The summed E-state index contributed by atoms with van der Waals surface area (Å²) in [6.07, 6.45) is 1.32. The molecule has 4 heteroatoms. The number of para-hydroxylation sites is 1. The smallest absolute Gasteiger partial charge is 0.214 e. The second-order valence-corrected chi connectivity index (χ2v) is 3.84. The minimum Gasteiger partial charge on any atom is -0.496 e. The van der Waals surface area contributed by atoms with E-state index in [0.29, 0.717) is 11.7 Å². The fourth-order valence-corrected chi connectivity index (χ4v) is 1.70. The van der Waals surface area contributed by atoms with Gasteiger partial charge in [0.1, 0.15) is 5.75 Å². The number of ether oxygens (including phenoxy) is 1. The molecule has 1 aromatic heterocycles. The maximum absolute atomic E-state index is 5.44. The normalized spacial score (nSPS) is 10.8. The minimum atomic E-state index is 0.391. The zero-order chi connectivity index (χ0) is 11.5. The van der Waals surface area contributed by atoms with E-state index in [1.807, 2.05) is 18.2 Å². The van der Waals surface area contributed by atoms with Gasteiger partial charge in [0.2, 0.25) is 12.2 Å². The third-order valence-electron chi connectivity index (χ3n) is 2.47. The average Bonchev–Trinajstić information content (AvgIpc) is 2.81. The summed E-state index contributed by atoms with van der Waals surface area (Å²) in [5.74, 6) is 1.76. The zero-order valence-electron chi connectivity index (χ0n) is 9.60. The van der Waals surface area contributed by atoms with Gasteiger partial charge in [0.05, 0.1) is 12.7 Å². The molecule has 0 fully saturated rings. The van der Waals surface area contributed by atoms with Crippen LogP contribution >= 0.6 is 0 Å². The van der Waals surface area contributed by atoms with Crippen molar-refractivity contribution in [2.45, 2.75) is 19.8 Å². The van der Waals surface area contributed by atoms with Crippen molar-refractivity contribution in [3.63, 3.8) is 0 Å². The number of benzene rings is 1. The third kappa shape index (κ3) is 1.78. The Balaban J connectivity index is 2.58. The highest BCUT2D eigenvalue weighted by molar-refractivity contribution is 5.66. The van der Waals surface area contributed by atoms with Crippen molar-refractivity contribution in [1.82, 2.24) is 10.1 Å². The molecule has 2 aromatic rings. The van der Waals surface area contributed by atoms with E-state index in [2.05, 4.69) is 24.0 Å². The third-order valence-corrected chi connectivity index (χ3v) is 2.47. The summed E-state index contributed by atoms with van der Waals surface area (Å²) in [6.45, 7) is 4.25. The van der Waals surface area contributed by atoms with Gasteiger partial charge >= 0.3 is 0 Å². The van der Waals surface area contributed by atoms with Gasteiger partial charge in [-0.15, -0.1) is 0 Å². The summed E-state index contributed by atoms with van der Waals surface area (Å²) in [7, 11) is 1.66. The van der Waals surface area contributed by atoms with Gasteiger partial charge in [-0.2, -0.15) is 4.98 Å². The molecule has 0 aliphatic carbocycles. The molecular formula is C12H14N2O2. The molecule has 0 saturated heterocycles. The first-order valence-electron chi connectivity index (χ1n) is 5.17. The van der Waals surface area contributed by atoms with Crippen LogP contribution in [0.5, 0.6) is 5.75 Å². The van der Waals surface area contributed by atoms with Crippen molar-refractivity contribution in [2.75, 3.05) is 7.11 Å². The first kappa shape index (κ1) is 10.7.